The summed E-state index contributed by atoms with van der Waals surface area (Å²) < 4.78 is 115. The molecule has 2 N–H and O–H groups in total. The number of benzene rings is 2. The smallest absolute Gasteiger partial charge is 0.416 e. The zero-order chi connectivity index (χ0) is 33.4. The number of alkyl halides is 6. The van der Waals surface area contributed by atoms with Gasteiger partial charge in [0.15, 0.2) is 12.1 Å². The summed E-state index contributed by atoms with van der Waals surface area (Å²) >= 11 is 0. The van der Waals surface area contributed by atoms with Crippen molar-refractivity contribution >= 4 is 15.7 Å². The molecule has 2 aromatic rings. The standard InChI is InChI=1S/C30H34F6N5O4S/c1-19-6-3-4-7-23(19)26-16-27(39-8-5-9-40(11-10-39)46(2,43)44)45-28-24(17-37-18-38-28)25(41(26)42)14-20-12-21(29(31,32)33)15-22(13-20)30(34,35)36/h3-4,6-7,12-13,15-16,25,27,37-38H,5,8-11,14,17-18H2,1-2H3/q-1/b26-16-. The number of nitrogens with zero attached hydrogens (tertiary/aromatic N) is 3. The first-order valence-electron chi connectivity index (χ1n) is 14.6. The molecule has 2 aromatic carbocycles. The quantitative estimate of drug-likeness (QED) is 0.449. The first kappa shape index (κ1) is 34.0. The second kappa shape index (κ2) is 13.1. The minimum atomic E-state index is -5.05. The molecule has 3 aliphatic heterocycles. The number of hydroxylamine groups is 2. The van der Waals surface area contributed by atoms with Crippen LogP contribution >= 0.6 is 0 Å². The van der Waals surface area contributed by atoms with E-state index < -0.39 is 52.2 Å². The second-order valence-corrected chi connectivity index (χ2v) is 13.5. The minimum absolute atomic E-state index is 0.0590. The molecule has 0 bridgehead atoms. The van der Waals surface area contributed by atoms with Gasteiger partial charge in [-0.2, -0.15) is 26.3 Å². The van der Waals surface area contributed by atoms with Gasteiger partial charge in [-0.25, -0.2) is 12.7 Å². The van der Waals surface area contributed by atoms with Crippen molar-refractivity contribution in [1.29, 1.82) is 0 Å². The van der Waals surface area contributed by atoms with Crippen LogP contribution in [0.3, 0.4) is 0 Å². The van der Waals surface area contributed by atoms with Crippen molar-refractivity contribution in [1.82, 2.24) is 24.9 Å². The van der Waals surface area contributed by atoms with Crippen molar-refractivity contribution in [3.05, 3.63) is 93.0 Å². The highest BCUT2D eigenvalue weighted by Crippen LogP contribution is 2.38. The molecule has 5 rings (SSSR count). The van der Waals surface area contributed by atoms with Gasteiger partial charge in [-0.1, -0.05) is 24.3 Å². The van der Waals surface area contributed by atoms with Gasteiger partial charge in [0.2, 0.25) is 10.0 Å². The van der Waals surface area contributed by atoms with Crippen LogP contribution in [0.25, 0.3) is 5.70 Å². The molecule has 9 nitrogen and oxygen atoms in total. The molecule has 1 fully saturated rings. The molecule has 3 aliphatic rings. The molecule has 16 heteroatoms. The fraction of sp³-hybridized carbons (Fsp3) is 0.467. The van der Waals surface area contributed by atoms with Gasteiger partial charge in [0.25, 0.3) is 0 Å². The molecular formula is C30H34F6N5O4S-. The molecular weight excluding hydrogens is 640 g/mol. The van der Waals surface area contributed by atoms with Gasteiger partial charge in [-0.15, -0.1) is 0 Å². The van der Waals surface area contributed by atoms with E-state index >= 15 is 0 Å². The van der Waals surface area contributed by atoms with Gasteiger partial charge in [0.05, 0.1) is 24.1 Å². The van der Waals surface area contributed by atoms with Crippen LogP contribution in [0.5, 0.6) is 0 Å². The van der Waals surface area contributed by atoms with Crippen molar-refractivity contribution in [2.24, 2.45) is 0 Å². The average Bonchev–Trinajstić information content (AvgIpc) is 3.24. The lowest BCUT2D eigenvalue weighted by atomic mass is 9.93. The number of ether oxygens (including phenoxy) is 1. The maximum Gasteiger partial charge on any atom is 0.416 e. The molecule has 0 aromatic heterocycles. The number of halogens is 6. The van der Waals surface area contributed by atoms with Crippen LogP contribution in [0.1, 0.15) is 34.2 Å². The van der Waals surface area contributed by atoms with E-state index in [0.29, 0.717) is 53.4 Å². The largest absolute Gasteiger partial charge is 0.758 e. The predicted octanol–water partition coefficient (Wildman–Crippen LogP) is 4.47. The van der Waals surface area contributed by atoms with Gasteiger partial charge < -0.3 is 20.3 Å². The van der Waals surface area contributed by atoms with E-state index in [1.54, 1.807) is 37.3 Å². The lowest BCUT2D eigenvalue weighted by molar-refractivity contribution is -0.143. The molecule has 0 spiro atoms. The molecule has 0 aliphatic carbocycles. The Morgan fingerprint density at radius 3 is 2.28 bits per heavy atom. The van der Waals surface area contributed by atoms with Crippen LogP contribution in [0, 0.1) is 12.1 Å². The van der Waals surface area contributed by atoms with E-state index in [9.17, 15) is 40.0 Å². The number of sulfonamides is 1. The third-order valence-electron chi connectivity index (χ3n) is 8.26. The molecule has 0 saturated carbocycles. The molecule has 2 unspecified atom stereocenters. The summed E-state index contributed by atoms with van der Waals surface area (Å²) in [5, 5.41) is 21.2. The summed E-state index contributed by atoms with van der Waals surface area (Å²) in [5.74, 6) is 0.182. The Morgan fingerprint density at radius 2 is 1.65 bits per heavy atom. The van der Waals surface area contributed by atoms with Crippen molar-refractivity contribution in [2.75, 3.05) is 45.6 Å². The van der Waals surface area contributed by atoms with Crippen LogP contribution in [-0.2, 0) is 33.5 Å². The second-order valence-electron chi connectivity index (χ2n) is 11.5. The molecule has 0 amide bonds. The summed E-state index contributed by atoms with van der Waals surface area (Å²) in [7, 11) is -3.44. The van der Waals surface area contributed by atoms with Crippen molar-refractivity contribution < 1.29 is 39.5 Å². The molecule has 46 heavy (non-hydrogen) atoms. The topological polar surface area (TPSA) is 100 Å². The summed E-state index contributed by atoms with van der Waals surface area (Å²) in [4.78, 5) is 1.90. The van der Waals surface area contributed by atoms with E-state index in [0.717, 1.165) is 6.26 Å². The van der Waals surface area contributed by atoms with Crippen LogP contribution in [-0.4, -0.2) is 80.6 Å². The summed E-state index contributed by atoms with van der Waals surface area (Å²) in [5.41, 5.74) is -1.60. The number of hydrogen-bond acceptors (Lipinski definition) is 8. The Bertz CT molecular complexity index is 1580. The van der Waals surface area contributed by atoms with Crippen LogP contribution < -0.4 is 10.6 Å². The maximum absolute atomic E-state index is 14.5. The maximum atomic E-state index is 14.5. The Labute approximate surface area is 263 Å². The highest BCUT2D eigenvalue weighted by Gasteiger charge is 2.38. The first-order valence-corrected chi connectivity index (χ1v) is 16.4. The normalized spacial score (nSPS) is 23.8. The molecule has 3 heterocycles. The lowest BCUT2D eigenvalue weighted by Gasteiger charge is -2.47. The van der Waals surface area contributed by atoms with Crippen molar-refractivity contribution in [3.8, 4) is 0 Å². The Balaban J connectivity index is 1.61. The molecule has 0 radical (unpaired) electrons. The zero-order valence-corrected chi connectivity index (χ0v) is 25.9. The minimum Gasteiger partial charge on any atom is -0.758 e. The van der Waals surface area contributed by atoms with Gasteiger partial charge in [-0.05, 0) is 60.7 Å². The van der Waals surface area contributed by atoms with Crippen LogP contribution in [0.2, 0.25) is 0 Å². The predicted molar refractivity (Wildman–Crippen MR) is 159 cm³/mol. The highest BCUT2D eigenvalue weighted by molar-refractivity contribution is 7.88. The third kappa shape index (κ3) is 7.62. The molecule has 252 valence electrons. The van der Waals surface area contributed by atoms with Crippen molar-refractivity contribution in [3.63, 3.8) is 0 Å². The van der Waals surface area contributed by atoms with E-state index in [1.165, 1.54) is 4.31 Å². The van der Waals surface area contributed by atoms with E-state index in [2.05, 4.69) is 10.6 Å². The monoisotopic (exact) mass is 674 g/mol. The SMILES string of the molecule is Cc1ccccc1/C1=C/C(N2CCCN(S(C)(=O)=O)CC2)OC2=C(CNCN2)C(Cc2cc(C(F)(F)F)cc(C(F)(F)F)c2)N1[O-]. The third-order valence-corrected chi connectivity index (χ3v) is 9.56. The van der Waals surface area contributed by atoms with Crippen LogP contribution in [0.4, 0.5) is 26.3 Å². The summed E-state index contributed by atoms with van der Waals surface area (Å²) in [6.45, 7) is 3.29. The summed E-state index contributed by atoms with van der Waals surface area (Å²) in [6, 6.07) is 7.05. The average molecular weight is 675 g/mol. The number of rotatable bonds is 5. The van der Waals surface area contributed by atoms with Gasteiger partial charge in [0.1, 0.15) is 0 Å². The number of nitrogens with one attached hydrogen (secondary N) is 2. The van der Waals surface area contributed by atoms with Gasteiger partial charge in [0, 0.05) is 50.0 Å². The fourth-order valence-electron chi connectivity index (χ4n) is 5.91. The number of hydrogen-bond donors (Lipinski definition) is 2. The van der Waals surface area contributed by atoms with Crippen LogP contribution in [0.15, 0.2) is 60.0 Å². The van der Waals surface area contributed by atoms with E-state index in [4.69, 9.17) is 4.74 Å². The fourth-order valence-corrected chi connectivity index (χ4v) is 6.78. The Hall–Kier alpha value is -3.31. The van der Waals surface area contributed by atoms with E-state index in [1.807, 2.05) is 4.90 Å². The molecule has 1 saturated heterocycles. The summed E-state index contributed by atoms with van der Waals surface area (Å²) in [6.07, 6.45) is -8.22. The Morgan fingerprint density at radius 1 is 0.978 bits per heavy atom. The van der Waals surface area contributed by atoms with E-state index in [-0.39, 0.29) is 49.5 Å². The lowest BCUT2D eigenvalue weighted by Crippen LogP contribution is -2.49. The van der Waals surface area contributed by atoms with Crippen molar-refractivity contribution in [2.45, 2.75) is 44.4 Å². The first-order chi connectivity index (χ1) is 21.5. The zero-order valence-electron chi connectivity index (χ0n) is 25.1. The molecule has 2 atom stereocenters. The highest BCUT2D eigenvalue weighted by atomic mass is 32.2. The van der Waals surface area contributed by atoms with Gasteiger partial charge >= 0.3 is 12.4 Å². The Kier molecular flexibility index (Phi) is 9.67. The van der Waals surface area contributed by atoms with Gasteiger partial charge in [-0.3, -0.25) is 10.2 Å². The number of aryl methyl sites for hydroxylation is 1.